The van der Waals surface area contributed by atoms with E-state index in [1.165, 1.54) is 83.5 Å². The highest BCUT2D eigenvalue weighted by Gasteiger charge is 2.17. The maximum atomic E-state index is 12.6. The fourth-order valence-corrected chi connectivity index (χ4v) is 6.24. The molecule has 0 aliphatic carbocycles. The fraction of sp³-hybridized carbons (Fsp3) is 0.725. The largest absolute Gasteiger partial charge is 0.462 e. The molecule has 0 heterocycles. The van der Waals surface area contributed by atoms with E-state index in [4.69, 9.17) is 14.2 Å². The van der Waals surface area contributed by atoms with Gasteiger partial charge in [-0.15, -0.1) is 0 Å². The zero-order valence-electron chi connectivity index (χ0n) is 36.9. The van der Waals surface area contributed by atoms with Gasteiger partial charge in [-0.3, -0.25) is 9.59 Å². The number of carbonyl (C=O) groups excluding carboxylic acids is 2. The molecule has 0 N–H and O–H groups in total. The number of hydrogen-bond acceptors (Lipinski definition) is 5. The van der Waals surface area contributed by atoms with Gasteiger partial charge in [0.05, 0.1) is 6.61 Å². The number of ether oxygens (including phenoxy) is 3. The third-order valence-electron chi connectivity index (χ3n) is 9.73. The smallest absolute Gasteiger partial charge is 0.306 e. The van der Waals surface area contributed by atoms with Crippen molar-refractivity contribution in [1.29, 1.82) is 0 Å². The van der Waals surface area contributed by atoms with E-state index < -0.39 is 6.10 Å². The summed E-state index contributed by atoms with van der Waals surface area (Å²) in [5.41, 5.74) is 0. The quantitative estimate of drug-likeness (QED) is 0.0351. The van der Waals surface area contributed by atoms with Gasteiger partial charge in [-0.05, 0) is 89.9 Å². The maximum Gasteiger partial charge on any atom is 0.306 e. The molecule has 0 spiro atoms. The number of allylic oxidation sites excluding steroid dienone is 12. The second-order valence-electron chi connectivity index (χ2n) is 15.3. The van der Waals surface area contributed by atoms with E-state index in [-0.39, 0.29) is 25.2 Å². The Kier molecular flexibility index (Phi) is 44.5. The van der Waals surface area contributed by atoms with Crippen molar-refractivity contribution in [2.75, 3.05) is 19.8 Å². The van der Waals surface area contributed by atoms with Gasteiger partial charge in [0.15, 0.2) is 6.10 Å². The van der Waals surface area contributed by atoms with Crippen LogP contribution < -0.4 is 0 Å². The van der Waals surface area contributed by atoms with Gasteiger partial charge in [-0.2, -0.15) is 0 Å². The van der Waals surface area contributed by atoms with Crippen LogP contribution in [0.25, 0.3) is 0 Å². The molecule has 1 unspecified atom stereocenters. The van der Waals surface area contributed by atoms with Gasteiger partial charge in [0.1, 0.15) is 6.61 Å². The first-order chi connectivity index (χ1) is 27.6. The minimum Gasteiger partial charge on any atom is -0.462 e. The number of rotatable bonds is 42. The van der Waals surface area contributed by atoms with Gasteiger partial charge in [-0.1, -0.05) is 184 Å². The molecule has 5 heteroatoms. The van der Waals surface area contributed by atoms with Crippen LogP contribution in [-0.2, 0) is 23.8 Å². The molecule has 0 aromatic carbocycles. The van der Waals surface area contributed by atoms with Crippen LogP contribution in [0.15, 0.2) is 72.9 Å². The average molecular weight is 781 g/mol. The molecule has 0 fully saturated rings. The van der Waals surface area contributed by atoms with Gasteiger partial charge in [-0.25, -0.2) is 0 Å². The van der Waals surface area contributed by atoms with E-state index in [0.717, 1.165) is 96.3 Å². The van der Waals surface area contributed by atoms with Gasteiger partial charge in [0, 0.05) is 19.4 Å². The second-order valence-corrected chi connectivity index (χ2v) is 15.3. The van der Waals surface area contributed by atoms with Crippen molar-refractivity contribution in [1.82, 2.24) is 0 Å². The van der Waals surface area contributed by atoms with Crippen LogP contribution in [-0.4, -0.2) is 37.9 Å². The van der Waals surface area contributed by atoms with Crippen LogP contribution in [0.4, 0.5) is 0 Å². The van der Waals surface area contributed by atoms with Crippen molar-refractivity contribution in [3.05, 3.63) is 72.9 Å². The van der Waals surface area contributed by atoms with Crippen LogP contribution in [0.2, 0.25) is 0 Å². The number of unbranched alkanes of at least 4 members (excludes halogenated alkanes) is 19. The highest BCUT2D eigenvalue weighted by Crippen LogP contribution is 2.12. The Labute approximate surface area is 347 Å². The van der Waals surface area contributed by atoms with Crippen molar-refractivity contribution < 1.29 is 23.8 Å². The van der Waals surface area contributed by atoms with E-state index in [2.05, 4.69) is 93.7 Å². The molecule has 0 amide bonds. The van der Waals surface area contributed by atoms with E-state index >= 15 is 0 Å². The predicted octanol–water partition coefficient (Wildman–Crippen LogP) is 15.6. The fourth-order valence-electron chi connectivity index (χ4n) is 6.24. The van der Waals surface area contributed by atoms with Crippen molar-refractivity contribution in [3.8, 4) is 0 Å². The lowest BCUT2D eigenvalue weighted by molar-refractivity contribution is -0.163. The molecule has 0 aromatic heterocycles. The van der Waals surface area contributed by atoms with Crippen LogP contribution in [0.1, 0.15) is 213 Å². The topological polar surface area (TPSA) is 61.8 Å². The Morgan fingerprint density at radius 2 is 0.804 bits per heavy atom. The molecule has 0 radical (unpaired) electrons. The molecular formula is C51H88O5. The van der Waals surface area contributed by atoms with Crippen LogP contribution in [0, 0.1) is 0 Å². The molecule has 0 saturated carbocycles. The Hall–Kier alpha value is -2.66. The van der Waals surface area contributed by atoms with E-state index in [1.54, 1.807) is 0 Å². The molecular weight excluding hydrogens is 693 g/mol. The number of esters is 2. The summed E-state index contributed by atoms with van der Waals surface area (Å²) in [6.45, 7) is 7.59. The zero-order chi connectivity index (χ0) is 40.7. The Morgan fingerprint density at radius 1 is 0.411 bits per heavy atom. The first-order valence-electron chi connectivity index (χ1n) is 23.5. The summed E-state index contributed by atoms with van der Waals surface area (Å²) in [6.07, 6.45) is 59.1. The molecule has 0 rings (SSSR count). The summed E-state index contributed by atoms with van der Waals surface area (Å²) in [6, 6.07) is 0. The van der Waals surface area contributed by atoms with E-state index in [9.17, 15) is 9.59 Å². The lowest BCUT2D eigenvalue weighted by Gasteiger charge is -2.18. The zero-order valence-corrected chi connectivity index (χ0v) is 36.9. The van der Waals surface area contributed by atoms with Crippen LogP contribution >= 0.6 is 0 Å². The minimum absolute atomic E-state index is 0.0675. The number of carbonyl (C=O) groups is 2. The summed E-state index contributed by atoms with van der Waals surface area (Å²) in [5, 5.41) is 0. The highest BCUT2D eigenvalue weighted by molar-refractivity contribution is 5.70. The standard InChI is InChI=1S/C51H88O5/c1-4-7-10-13-16-18-20-22-24-25-26-27-28-29-31-33-36-38-41-44-50(52)55-48-49(56-51(53)45-42-39-35-15-12-9-6-3)47-54-46-43-40-37-34-32-30-23-21-19-17-14-11-8-5-2/h8,11,16-19,22-24,26-27,30,49H,4-7,9-10,12-15,20-21,25,28-29,31-48H2,1-3H3/b11-8-,18-16-,19-17-,24-22-,27-26-,30-23-. The average Bonchev–Trinajstić information content (AvgIpc) is 3.20. The van der Waals surface area contributed by atoms with Gasteiger partial charge in [0.2, 0.25) is 0 Å². The molecule has 322 valence electrons. The first-order valence-corrected chi connectivity index (χ1v) is 23.5. The van der Waals surface area contributed by atoms with Crippen molar-refractivity contribution in [2.24, 2.45) is 0 Å². The van der Waals surface area contributed by atoms with Crippen LogP contribution in [0.3, 0.4) is 0 Å². The first kappa shape index (κ1) is 53.3. The highest BCUT2D eigenvalue weighted by atomic mass is 16.6. The monoisotopic (exact) mass is 781 g/mol. The molecule has 1 atom stereocenters. The molecule has 56 heavy (non-hydrogen) atoms. The maximum absolute atomic E-state index is 12.6. The van der Waals surface area contributed by atoms with Crippen LogP contribution in [0.5, 0.6) is 0 Å². The van der Waals surface area contributed by atoms with Crippen molar-refractivity contribution in [2.45, 2.75) is 219 Å². The summed E-state index contributed by atoms with van der Waals surface area (Å²) in [4.78, 5) is 25.2. The molecule has 0 aliphatic rings. The van der Waals surface area contributed by atoms with Gasteiger partial charge in [0.25, 0.3) is 0 Å². The molecule has 0 aromatic rings. The molecule has 5 nitrogen and oxygen atoms in total. The summed E-state index contributed by atoms with van der Waals surface area (Å²) < 4.78 is 17.2. The lowest BCUT2D eigenvalue weighted by Crippen LogP contribution is -2.30. The van der Waals surface area contributed by atoms with Crippen molar-refractivity contribution in [3.63, 3.8) is 0 Å². The van der Waals surface area contributed by atoms with Gasteiger partial charge < -0.3 is 14.2 Å². The lowest BCUT2D eigenvalue weighted by atomic mass is 10.1. The Balaban J connectivity index is 4.19. The predicted molar refractivity (Wildman–Crippen MR) is 242 cm³/mol. The minimum atomic E-state index is -0.551. The molecule has 0 aliphatic heterocycles. The SMILES string of the molecule is CC/C=C\C/C=C\C/C=C\CCCCCCOCC(COC(=O)CCCCCCCC/C=C\C/C=C\C/C=C\CCCCC)OC(=O)CCCCCCCCC. The third-order valence-corrected chi connectivity index (χ3v) is 9.73. The molecule has 0 saturated heterocycles. The molecule has 0 bridgehead atoms. The van der Waals surface area contributed by atoms with Gasteiger partial charge >= 0.3 is 11.9 Å². The van der Waals surface area contributed by atoms with E-state index in [0.29, 0.717) is 19.4 Å². The summed E-state index contributed by atoms with van der Waals surface area (Å²) in [7, 11) is 0. The van der Waals surface area contributed by atoms with Crippen molar-refractivity contribution >= 4 is 11.9 Å². The normalized spacial score (nSPS) is 12.8. The van der Waals surface area contributed by atoms with E-state index in [1.807, 2.05) is 0 Å². The Morgan fingerprint density at radius 3 is 1.32 bits per heavy atom. The summed E-state index contributed by atoms with van der Waals surface area (Å²) in [5.74, 6) is -0.432. The number of hydrogen-bond donors (Lipinski definition) is 0. The Bertz CT molecular complexity index is 1020. The second kappa shape index (κ2) is 46.7. The summed E-state index contributed by atoms with van der Waals surface area (Å²) >= 11 is 0. The third kappa shape index (κ3) is 44.1.